The molecule has 228 valence electrons. The van der Waals surface area contributed by atoms with Crippen LogP contribution in [0, 0.1) is 0 Å². The highest BCUT2D eigenvalue weighted by Gasteiger charge is 2.23. The van der Waals surface area contributed by atoms with Crippen molar-refractivity contribution in [3.8, 4) is 23.0 Å². The van der Waals surface area contributed by atoms with Crippen LogP contribution >= 0.6 is 0 Å². The molecule has 0 aromatic heterocycles. The van der Waals surface area contributed by atoms with Gasteiger partial charge in [-0.1, -0.05) is 27.7 Å². The Morgan fingerprint density at radius 3 is 1.60 bits per heavy atom. The topological polar surface area (TPSA) is 197 Å². The number of phenolic OH excluding ortho intramolecular Hbond substituents is 4. The third kappa shape index (κ3) is 11.1. The highest BCUT2D eigenvalue weighted by Crippen LogP contribution is 2.34. The molecule has 0 saturated heterocycles. The second-order valence-corrected chi connectivity index (χ2v) is 13.2. The standard InChI is InChI=1S/2C13H22N2O4S/c1-8(2)14-7-10-5-11(16)13(17)12(6-10)20(18,19)15-9(3)4;1-3-5-14-9-10-7-11(16)13(17)12(8-10)20(18,19)15-6-4-2/h5-6,8-9,14-17H,7H2,1-4H3;7-8,14-17H,3-6,9H2,1-2H3. The molecule has 0 amide bonds. The zero-order chi connectivity index (χ0) is 30.7. The number of aromatic hydroxyl groups is 4. The monoisotopic (exact) mass is 604 g/mol. The Hall–Kier alpha value is -2.62. The van der Waals surface area contributed by atoms with Gasteiger partial charge in [0.05, 0.1) is 0 Å². The average Bonchev–Trinajstić information content (AvgIpc) is 2.85. The molecule has 0 aliphatic heterocycles. The van der Waals surface area contributed by atoms with Gasteiger partial charge in [0, 0.05) is 31.7 Å². The zero-order valence-electron chi connectivity index (χ0n) is 23.9. The smallest absolute Gasteiger partial charge is 0.244 e. The van der Waals surface area contributed by atoms with Gasteiger partial charge in [0.15, 0.2) is 23.0 Å². The lowest BCUT2D eigenvalue weighted by atomic mass is 10.2. The average molecular weight is 605 g/mol. The van der Waals surface area contributed by atoms with Crippen LogP contribution in [-0.2, 0) is 33.1 Å². The van der Waals surface area contributed by atoms with Crippen molar-refractivity contribution in [1.82, 2.24) is 20.1 Å². The summed E-state index contributed by atoms with van der Waals surface area (Å²) in [5.41, 5.74) is 1.18. The first-order valence-electron chi connectivity index (χ1n) is 13.1. The van der Waals surface area contributed by atoms with Gasteiger partial charge in [-0.15, -0.1) is 0 Å². The maximum atomic E-state index is 12.1. The molecule has 0 aliphatic rings. The Morgan fingerprint density at radius 2 is 1.15 bits per heavy atom. The molecule has 0 aliphatic carbocycles. The fourth-order valence-corrected chi connectivity index (χ4v) is 6.04. The number of nitrogens with one attached hydrogen (secondary N) is 4. The van der Waals surface area contributed by atoms with Gasteiger partial charge in [0.1, 0.15) is 9.79 Å². The van der Waals surface area contributed by atoms with Gasteiger partial charge in [-0.2, -0.15) is 0 Å². The minimum absolute atomic E-state index is 0.222. The van der Waals surface area contributed by atoms with E-state index in [1.807, 2.05) is 27.7 Å². The second-order valence-electron chi connectivity index (χ2n) is 9.81. The van der Waals surface area contributed by atoms with E-state index in [9.17, 15) is 37.3 Å². The lowest BCUT2D eigenvalue weighted by Crippen LogP contribution is -2.30. The summed E-state index contributed by atoms with van der Waals surface area (Å²) in [5, 5.41) is 45.1. The molecular formula is C26H44N4O8S2. The molecule has 40 heavy (non-hydrogen) atoms. The number of phenols is 4. The van der Waals surface area contributed by atoms with Gasteiger partial charge in [0.2, 0.25) is 20.0 Å². The van der Waals surface area contributed by atoms with Crippen molar-refractivity contribution in [1.29, 1.82) is 0 Å². The molecule has 12 nitrogen and oxygen atoms in total. The zero-order valence-corrected chi connectivity index (χ0v) is 25.6. The summed E-state index contributed by atoms with van der Waals surface area (Å²) in [6.45, 7) is 13.0. The largest absolute Gasteiger partial charge is 0.504 e. The normalized spacial score (nSPS) is 12.0. The van der Waals surface area contributed by atoms with Crippen molar-refractivity contribution < 1.29 is 37.3 Å². The van der Waals surface area contributed by atoms with Crippen molar-refractivity contribution in [2.75, 3.05) is 13.1 Å². The van der Waals surface area contributed by atoms with Crippen LogP contribution in [0.3, 0.4) is 0 Å². The summed E-state index contributed by atoms with van der Waals surface area (Å²) < 4.78 is 53.0. The molecule has 0 bridgehead atoms. The summed E-state index contributed by atoms with van der Waals surface area (Å²) >= 11 is 0. The van der Waals surface area contributed by atoms with E-state index in [1.54, 1.807) is 13.8 Å². The van der Waals surface area contributed by atoms with Gasteiger partial charge in [-0.05, 0) is 68.6 Å². The van der Waals surface area contributed by atoms with Crippen LogP contribution < -0.4 is 20.1 Å². The van der Waals surface area contributed by atoms with Crippen molar-refractivity contribution in [2.24, 2.45) is 0 Å². The molecule has 2 aromatic carbocycles. The Labute approximate surface area is 238 Å². The maximum Gasteiger partial charge on any atom is 0.244 e. The Morgan fingerprint density at radius 1 is 0.675 bits per heavy atom. The van der Waals surface area contributed by atoms with E-state index in [-0.39, 0.29) is 28.4 Å². The van der Waals surface area contributed by atoms with E-state index in [1.165, 1.54) is 24.3 Å². The van der Waals surface area contributed by atoms with Crippen LogP contribution in [0.15, 0.2) is 34.1 Å². The molecule has 0 radical (unpaired) electrons. The Bertz CT molecular complexity index is 1310. The summed E-state index contributed by atoms with van der Waals surface area (Å²) in [6, 6.07) is 5.35. The Kier molecular flexibility index (Phi) is 14.1. The van der Waals surface area contributed by atoms with E-state index in [4.69, 9.17) is 0 Å². The van der Waals surface area contributed by atoms with E-state index >= 15 is 0 Å². The van der Waals surface area contributed by atoms with Crippen LogP contribution in [0.1, 0.15) is 65.5 Å². The van der Waals surface area contributed by atoms with E-state index in [2.05, 4.69) is 20.1 Å². The summed E-state index contributed by atoms with van der Waals surface area (Å²) in [6.07, 6.45) is 1.59. The SMILES string of the molecule is CC(C)NCc1cc(O)c(O)c(S(=O)(=O)NC(C)C)c1.CCCNCc1cc(O)c(O)c(S(=O)(=O)NCCC)c1. The lowest BCUT2D eigenvalue weighted by molar-refractivity contribution is 0.391. The molecule has 0 fully saturated rings. The fraction of sp³-hybridized carbons (Fsp3) is 0.538. The van der Waals surface area contributed by atoms with Crippen LogP contribution in [0.25, 0.3) is 0 Å². The van der Waals surface area contributed by atoms with E-state index in [0.29, 0.717) is 30.6 Å². The number of rotatable bonds is 14. The van der Waals surface area contributed by atoms with Crippen LogP contribution in [-0.4, -0.2) is 62.4 Å². The predicted molar refractivity (Wildman–Crippen MR) is 154 cm³/mol. The van der Waals surface area contributed by atoms with Crippen LogP contribution in [0.4, 0.5) is 0 Å². The van der Waals surface area contributed by atoms with Crippen molar-refractivity contribution >= 4 is 20.0 Å². The minimum Gasteiger partial charge on any atom is -0.504 e. The van der Waals surface area contributed by atoms with E-state index in [0.717, 1.165) is 13.0 Å². The summed E-state index contributed by atoms with van der Waals surface area (Å²) in [4.78, 5) is -0.606. The van der Waals surface area contributed by atoms with Crippen LogP contribution in [0.2, 0.25) is 0 Å². The molecule has 0 saturated carbocycles. The third-order valence-electron chi connectivity index (χ3n) is 5.21. The molecule has 8 N–H and O–H groups in total. The van der Waals surface area contributed by atoms with Crippen molar-refractivity contribution in [2.45, 2.75) is 89.3 Å². The predicted octanol–water partition coefficient (Wildman–Crippen LogP) is 2.57. The molecule has 0 unspecified atom stereocenters. The first kappa shape index (κ1) is 35.4. The van der Waals surface area contributed by atoms with Gasteiger partial charge in [-0.3, -0.25) is 0 Å². The summed E-state index contributed by atoms with van der Waals surface area (Å²) in [7, 11) is -7.68. The first-order valence-corrected chi connectivity index (χ1v) is 16.1. The lowest BCUT2D eigenvalue weighted by Gasteiger charge is -2.14. The highest BCUT2D eigenvalue weighted by atomic mass is 32.2. The molecule has 0 heterocycles. The molecular weight excluding hydrogens is 560 g/mol. The first-order chi connectivity index (χ1) is 18.5. The molecule has 2 rings (SSSR count). The molecule has 2 aromatic rings. The molecule has 0 atom stereocenters. The number of hydrogen-bond donors (Lipinski definition) is 8. The van der Waals surface area contributed by atoms with E-state index < -0.39 is 43.0 Å². The Balaban J connectivity index is 0.000000400. The maximum absolute atomic E-state index is 12.1. The number of hydrogen-bond acceptors (Lipinski definition) is 10. The second kappa shape index (κ2) is 16.0. The van der Waals surface area contributed by atoms with Gasteiger partial charge in [0.25, 0.3) is 0 Å². The highest BCUT2D eigenvalue weighted by molar-refractivity contribution is 7.90. The van der Waals surface area contributed by atoms with Crippen molar-refractivity contribution in [3.05, 3.63) is 35.4 Å². The van der Waals surface area contributed by atoms with Crippen LogP contribution in [0.5, 0.6) is 23.0 Å². The fourth-order valence-electron chi connectivity index (χ4n) is 3.33. The van der Waals surface area contributed by atoms with Crippen molar-refractivity contribution in [3.63, 3.8) is 0 Å². The summed E-state index contributed by atoms with van der Waals surface area (Å²) in [5.74, 6) is -2.13. The van der Waals surface area contributed by atoms with Gasteiger partial charge < -0.3 is 31.1 Å². The number of benzene rings is 2. The third-order valence-corrected chi connectivity index (χ3v) is 8.36. The number of sulfonamides is 2. The minimum atomic E-state index is -3.86. The quantitative estimate of drug-likeness (QED) is 0.117. The molecule has 14 heteroatoms. The van der Waals surface area contributed by atoms with Gasteiger partial charge in [-0.25, -0.2) is 26.3 Å². The van der Waals surface area contributed by atoms with Gasteiger partial charge >= 0.3 is 0 Å². The molecule has 0 spiro atoms.